The molecule has 0 aliphatic heterocycles. The number of carbonyl (C=O) groups excluding carboxylic acids is 1. The molecule has 2 aromatic heterocycles. The number of nitrogens with zero attached hydrogens (tertiary/aromatic N) is 4. The molecule has 8 nitrogen and oxygen atoms in total. The number of aromatic nitrogens is 3. The van der Waals surface area contributed by atoms with E-state index in [1.54, 1.807) is 11.3 Å². The molecule has 3 rings (SSSR count). The number of benzene rings is 1. The Balaban J connectivity index is 1.73. The van der Waals surface area contributed by atoms with Crippen LogP contribution in [0.15, 0.2) is 34.8 Å². The first-order valence-corrected chi connectivity index (χ1v) is 11.4. The fraction of sp³-hybridized carbons (Fsp3) is 0.350. The first-order valence-electron chi connectivity index (χ1n) is 9.51. The third-order valence-corrected chi connectivity index (χ3v) is 6.47. The van der Waals surface area contributed by atoms with Gasteiger partial charge in [-0.15, -0.1) is 21.5 Å². The summed E-state index contributed by atoms with van der Waals surface area (Å²) in [5, 5.41) is 25.0. The Hall–Kier alpha value is -2.72. The number of thiophene rings is 1. The molecule has 0 unspecified atom stereocenters. The monoisotopic (exact) mass is 445 g/mol. The molecule has 1 amide bonds. The minimum Gasteiger partial charge on any atom is -0.325 e. The topological polar surface area (TPSA) is 103 Å². The van der Waals surface area contributed by atoms with E-state index in [4.69, 9.17) is 0 Å². The number of non-ortho nitro benzene ring substituents is 1. The molecule has 0 fully saturated rings. The van der Waals surface area contributed by atoms with Gasteiger partial charge in [-0.2, -0.15) is 0 Å². The fourth-order valence-electron chi connectivity index (χ4n) is 3.12. The summed E-state index contributed by atoms with van der Waals surface area (Å²) in [5.41, 5.74) is 2.87. The van der Waals surface area contributed by atoms with Gasteiger partial charge in [-0.05, 0) is 44.9 Å². The van der Waals surface area contributed by atoms with Crippen molar-refractivity contribution in [2.24, 2.45) is 0 Å². The zero-order valence-electron chi connectivity index (χ0n) is 17.2. The Bertz CT molecular complexity index is 1060. The van der Waals surface area contributed by atoms with Crippen LogP contribution in [0.2, 0.25) is 0 Å². The van der Waals surface area contributed by atoms with Gasteiger partial charge in [-0.1, -0.05) is 18.7 Å². The second-order valence-corrected chi connectivity index (χ2v) is 8.97. The summed E-state index contributed by atoms with van der Waals surface area (Å²) in [5.74, 6) is 0.768. The predicted octanol–water partition coefficient (Wildman–Crippen LogP) is 5.10. The summed E-state index contributed by atoms with van der Waals surface area (Å²) >= 11 is 3.03. The normalized spacial score (nSPS) is 11.1. The first-order chi connectivity index (χ1) is 14.3. The molecular weight excluding hydrogens is 422 g/mol. The quantitative estimate of drug-likeness (QED) is 0.294. The van der Waals surface area contributed by atoms with Crippen LogP contribution in [0.5, 0.6) is 0 Å². The van der Waals surface area contributed by atoms with Crippen molar-refractivity contribution in [2.75, 3.05) is 11.1 Å². The van der Waals surface area contributed by atoms with Crippen LogP contribution in [0, 0.1) is 17.0 Å². The molecule has 0 atom stereocenters. The maximum atomic E-state index is 12.3. The van der Waals surface area contributed by atoms with Gasteiger partial charge in [0.25, 0.3) is 5.69 Å². The van der Waals surface area contributed by atoms with E-state index in [2.05, 4.69) is 53.2 Å². The molecule has 0 radical (unpaired) electrons. The molecule has 10 heteroatoms. The minimum atomic E-state index is -0.475. The highest BCUT2D eigenvalue weighted by Crippen LogP contribution is 2.34. The molecule has 0 bridgehead atoms. The van der Waals surface area contributed by atoms with Crippen molar-refractivity contribution in [3.8, 4) is 11.4 Å². The number of thioether (sulfide) groups is 1. The Morgan fingerprint density at radius 1 is 1.30 bits per heavy atom. The summed E-state index contributed by atoms with van der Waals surface area (Å²) in [4.78, 5) is 23.9. The summed E-state index contributed by atoms with van der Waals surface area (Å²) in [6.45, 7) is 8.38. The molecule has 0 saturated carbocycles. The Morgan fingerprint density at radius 3 is 2.60 bits per heavy atom. The van der Waals surface area contributed by atoms with E-state index in [1.165, 1.54) is 46.5 Å². The third kappa shape index (κ3) is 4.71. The maximum absolute atomic E-state index is 12.3. The van der Waals surface area contributed by atoms with Crippen molar-refractivity contribution in [3.63, 3.8) is 0 Å². The average Bonchev–Trinajstić information content (AvgIpc) is 3.29. The highest BCUT2D eigenvalue weighted by molar-refractivity contribution is 7.99. The summed E-state index contributed by atoms with van der Waals surface area (Å²) in [6.07, 6.45) is 0.926. The first kappa shape index (κ1) is 22.0. The molecule has 1 aromatic carbocycles. The zero-order valence-corrected chi connectivity index (χ0v) is 18.8. The van der Waals surface area contributed by atoms with Gasteiger partial charge in [0.1, 0.15) is 0 Å². The molecular formula is C20H23N5O3S2. The number of amides is 1. The molecule has 2 heterocycles. The van der Waals surface area contributed by atoms with Crippen LogP contribution >= 0.6 is 23.1 Å². The van der Waals surface area contributed by atoms with Crippen molar-refractivity contribution in [1.29, 1.82) is 0 Å². The lowest BCUT2D eigenvalue weighted by Gasteiger charge is -2.14. The lowest BCUT2D eigenvalue weighted by atomic mass is 10.1. The van der Waals surface area contributed by atoms with E-state index in [-0.39, 0.29) is 23.4 Å². The van der Waals surface area contributed by atoms with Crippen LogP contribution in [0.4, 0.5) is 11.4 Å². The summed E-state index contributed by atoms with van der Waals surface area (Å²) in [7, 11) is 0. The predicted molar refractivity (Wildman–Crippen MR) is 120 cm³/mol. The number of hydrogen-bond donors (Lipinski definition) is 1. The Morgan fingerprint density at radius 2 is 2.00 bits per heavy atom. The third-order valence-electron chi connectivity index (χ3n) is 4.57. The highest BCUT2D eigenvalue weighted by atomic mass is 32.2. The number of rotatable bonds is 8. The largest absolute Gasteiger partial charge is 0.325 e. The zero-order chi connectivity index (χ0) is 21.8. The lowest BCUT2D eigenvalue weighted by Crippen LogP contribution is -2.15. The van der Waals surface area contributed by atoms with E-state index in [9.17, 15) is 14.9 Å². The Kier molecular flexibility index (Phi) is 6.88. The highest BCUT2D eigenvalue weighted by Gasteiger charge is 2.21. The average molecular weight is 446 g/mol. The van der Waals surface area contributed by atoms with Gasteiger partial charge >= 0.3 is 0 Å². The van der Waals surface area contributed by atoms with E-state index in [0.29, 0.717) is 10.8 Å². The van der Waals surface area contributed by atoms with Gasteiger partial charge in [0, 0.05) is 39.7 Å². The SMILES string of the molecule is CCc1c(-c2nnc(SCC(=O)Nc3ccc([N+](=O)[O-])cc3)n2C(C)C)csc1C. The molecule has 30 heavy (non-hydrogen) atoms. The van der Waals surface area contributed by atoms with Gasteiger partial charge in [0.15, 0.2) is 11.0 Å². The lowest BCUT2D eigenvalue weighted by molar-refractivity contribution is -0.384. The standard InChI is InChI=1S/C20H23N5O3S2/c1-5-16-13(4)29-10-17(16)19-22-23-20(24(19)12(2)3)30-11-18(26)21-14-6-8-15(9-7-14)25(27)28/h6-10,12H,5,11H2,1-4H3,(H,21,26). The number of aryl methyl sites for hydroxylation is 1. The van der Waals surface area contributed by atoms with Crippen molar-refractivity contribution >= 4 is 40.4 Å². The molecule has 158 valence electrons. The van der Waals surface area contributed by atoms with Crippen molar-refractivity contribution < 1.29 is 9.72 Å². The molecule has 1 N–H and O–H groups in total. The van der Waals surface area contributed by atoms with Crippen LogP contribution in [-0.2, 0) is 11.2 Å². The second kappa shape index (κ2) is 9.40. The molecule has 0 aliphatic carbocycles. The van der Waals surface area contributed by atoms with Gasteiger partial charge < -0.3 is 5.32 Å². The number of nitro groups is 1. The summed E-state index contributed by atoms with van der Waals surface area (Å²) < 4.78 is 2.06. The van der Waals surface area contributed by atoms with E-state index < -0.39 is 4.92 Å². The van der Waals surface area contributed by atoms with Gasteiger partial charge in [0.05, 0.1) is 10.7 Å². The second-order valence-electron chi connectivity index (χ2n) is 6.95. The van der Waals surface area contributed by atoms with Crippen LogP contribution in [0.25, 0.3) is 11.4 Å². The van der Waals surface area contributed by atoms with Crippen molar-refractivity contribution in [1.82, 2.24) is 14.8 Å². The van der Waals surface area contributed by atoms with Crippen LogP contribution in [0.1, 0.15) is 37.3 Å². The van der Waals surface area contributed by atoms with Crippen LogP contribution < -0.4 is 5.32 Å². The summed E-state index contributed by atoms with van der Waals surface area (Å²) in [6, 6.07) is 5.89. The van der Waals surface area contributed by atoms with E-state index >= 15 is 0 Å². The number of carbonyl (C=O) groups is 1. The van der Waals surface area contributed by atoms with Crippen molar-refractivity contribution in [2.45, 2.75) is 45.3 Å². The molecule has 0 spiro atoms. The molecule has 0 saturated heterocycles. The number of nitrogens with one attached hydrogen (secondary N) is 1. The van der Waals surface area contributed by atoms with Crippen molar-refractivity contribution in [3.05, 3.63) is 50.2 Å². The van der Waals surface area contributed by atoms with Gasteiger partial charge in [0.2, 0.25) is 5.91 Å². The maximum Gasteiger partial charge on any atom is 0.269 e. The number of hydrogen-bond acceptors (Lipinski definition) is 7. The van der Waals surface area contributed by atoms with Gasteiger partial charge in [-0.25, -0.2) is 0 Å². The van der Waals surface area contributed by atoms with Crippen LogP contribution in [-0.4, -0.2) is 31.3 Å². The minimum absolute atomic E-state index is 0.0185. The fourth-order valence-corrected chi connectivity index (χ4v) is 4.93. The van der Waals surface area contributed by atoms with E-state index in [0.717, 1.165) is 17.8 Å². The van der Waals surface area contributed by atoms with Gasteiger partial charge in [-0.3, -0.25) is 19.5 Å². The Labute approximate surface area is 182 Å². The molecule has 3 aromatic rings. The smallest absolute Gasteiger partial charge is 0.269 e. The van der Waals surface area contributed by atoms with Crippen LogP contribution in [0.3, 0.4) is 0 Å². The molecule has 0 aliphatic rings. The van der Waals surface area contributed by atoms with E-state index in [1.807, 2.05) is 0 Å². The number of anilines is 1. The number of nitro benzene ring substituents is 1.